The number of nitrogens with zero attached hydrogens (tertiary/aromatic N) is 1. The SMILES string of the molecule is CC1CCCC1N1C(=O)C2(CCCC2)NC1c1cccs1. The molecule has 3 aliphatic rings. The van der Waals surface area contributed by atoms with Crippen LogP contribution in [-0.4, -0.2) is 22.4 Å². The second-order valence-electron chi connectivity index (χ2n) is 7.04. The lowest BCUT2D eigenvalue weighted by Gasteiger charge is -2.32. The van der Waals surface area contributed by atoms with E-state index in [2.05, 4.69) is 34.7 Å². The first-order chi connectivity index (χ1) is 10.2. The number of nitrogens with one attached hydrogen (secondary N) is 1. The van der Waals surface area contributed by atoms with Crippen molar-refractivity contribution < 1.29 is 4.79 Å². The Labute approximate surface area is 130 Å². The van der Waals surface area contributed by atoms with E-state index >= 15 is 0 Å². The summed E-state index contributed by atoms with van der Waals surface area (Å²) < 4.78 is 0. The van der Waals surface area contributed by atoms with Crippen LogP contribution in [-0.2, 0) is 4.79 Å². The van der Waals surface area contributed by atoms with Gasteiger partial charge < -0.3 is 4.90 Å². The average molecular weight is 304 g/mol. The Morgan fingerprint density at radius 1 is 1.29 bits per heavy atom. The number of amides is 1. The second kappa shape index (κ2) is 5.10. The Kier molecular flexibility index (Phi) is 3.34. The highest BCUT2D eigenvalue weighted by Gasteiger charge is 2.55. The van der Waals surface area contributed by atoms with Gasteiger partial charge in [-0.25, -0.2) is 0 Å². The van der Waals surface area contributed by atoms with Crippen LogP contribution in [0.1, 0.15) is 62.9 Å². The van der Waals surface area contributed by atoms with Crippen LogP contribution in [0, 0.1) is 5.92 Å². The van der Waals surface area contributed by atoms with Gasteiger partial charge in [0.05, 0.1) is 5.54 Å². The summed E-state index contributed by atoms with van der Waals surface area (Å²) in [5.74, 6) is 1.02. The highest BCUT2D eigenvalue weighted by molar-refractivity contribution is 7.10. The maximum atomic E-state index is 13.2. The molecule has 0 aromatic carbocycles. The molecule has 1 spiro atoms. The predicted octanol–water partition coefficient (Wildman–Crippen LogP) is 3.68. The molecule has 0 bridgehead atoms. The first-order valence-corrected chi connectivity index (χ1v) is 9.23. The van der Waals surface area contributed by atoms with Gasteiger partial charge in [0.15, 0.2) is 0 Å². The van der Waals surface area contributed by atoms with Crippen LogP contribution < -0.4 is 5.32 Å². The van der Waals surface area contributed by atoms with E-state index in [0.717, 1.165) is 12.8 Å². The zero-order valence-electron chi connectivity index (χ0n) is 12.7. The van der Waals surface area contributed by atoms with Gasteiger partial charge in [-0.1, -0.05) is 32.3 Å². The Morgan fingerprint density at radius 3 is 2.71 bits per heavy atom. The Bertz CT molecular complexity index is 521. The molecule has 21 heavy (non-hydrogen) atoms. The lowest BCUT2D eigenvalue weighted by atomic mass is 9.96. The fourth-order valence-electron chi connectivity index (χ4n) is 4.63. The van der Waals surface area contributed by atoms with E-state index in [-0.39, 0.29) is 11.7 Å². The molecule has 3 unspecified atom stereocenters. The Balaban J connectivity index is 1.71. The van der Waals surface area contributed by atoms with Gasteiger partial charge in [-0.15, -0.1) is 11.3 Å². The molecule has 2 saturated carbocycles. The highest BCUT2D eigenvalue weighted by Crippen LogP contribution is 2.45. The molecule has 1 aromatic heterocycles. The third kappa shape index (κ3) is 2.07. The lowest BCUT2D eigenvalue weighted by molar-refractivity contribution is -0.136. The molecule has 2 aliphatic carbocycles. The van der Waals surface area contributed by atoms with E-state index in [4.69, 9.17) is 0 Å². The van der Waals surface area contributed by atoms with E-state index < -0.39 is 0 Å². The Hall–Kier alpha value is -0.870. The number of carbonyl (C=O) groups excluding carboxylic acids is 1. The van der Waals surface area contributed by atoms with Crippen molar-refractivity contribution in [2.24, 2.45) is 5.92 Å². The summed E-state index contributed by atoms with van der Waals surface area (Å²) in [6, 6.07) is 4.70. The molecule has 1 amide bonds. The van der Waals surface area contributed by atoms with Crippen LogP contribution in [0.25, 0.3) is 0 Å². The normalized spacial score (nSPS) is 35.2. The molecule has 0 radical (unpaired) electrons. The summed E-state index contributed by atoms with van der Waals surface area (Å²) in [6.07, 6.45) is 8.22. The summed E-state index contributed by atoms with van der Waals surface area (Å²) >= 11 is 1.77. The van der Waals surface area contributed by atoms with Crippen molar-refractivity contribution in [3.63, 3.8) is 0 Å². The number of rotatable bonds is 2. The second-order valence-corrected chi connectivity index (χ2v) is 8.02. The van der Waals surface area contributed by atoms with Crippen LogP contribution in [0.15, 0.2) is 17.5 Å². The van der Waals surface area contributed by atoms with Gasteiger partial charge in [0.1, 0.15) is 6.17 Å². The average Bonchev–Trinajstić information content (AvgIpc) is 3.22. The zero-order valence-corrected chi connectivity index (χ0v) is 13.5. The van der Waals surface area contributed by atoms with Crippen molar-refractivity contribution in [2.75, 3.05) is 0 Å². The predicted molar refractivity (Wildman–Crippen MR) is 85.0 cm³/mol. The molecule has 1 saturated heterocycles. The van der Waals surface area contributed by atoms with Gasteiger partial charge in [0.2, 0.25) is 5.91 Å². The molecule has 3 atom stereocenters. The first-order valence-electron chi connectivity index (χ1n) is 8.35. The molecule has 114 valence electrons. The molecule has 1 aromatic rings. The van der Waals surface area contributed by atoms with Gasteiger partial charge in [-0.2, -0.15) is 0 Å². The monoisotopic (exact) mass is 304 g/mol. The summed E-state index contributed by atoms with van der Waals surface area (Å²) in [6.45, 7) is 2.32. The van der Waals surface area contributed by atoms with Gasteiger partial charge in [0, 0.05) is 10.9 Å². The zero-order chi connectivity index (χ0) is 14.4. The molecular weight excluding hydrogens is 280 g/mol. The van der Waals surface area contributed by atoms with Crippen LogP contribution in [0.5, 0.6) is 0 Å². The minimum absolute atomic E-state index is 0.112. The number of hydrogen-bond acceptors (Lipinski definition) is 3. The smallest absolute Gasteiger partial charge is 0.244 e. The fourth-order valence-corrected chi connectivity index (χ4v) is 5.40. The minimum atomic E-state index is -0.253. The van der Waals surface area contributed by atoms with Crippen LogP contribution in [0.4, 0.5) is 0 Å². The van der Waals surface area contributed by atoms with Crippen molar-refractivity contribution in [1.29, 1.82) is 0 Å². The van der Waals surface area contributed by atoms with Crippen LogP contribution in [0.2, 0.25) is 0 Å². The lowest BCUT2D eigenvalue weighted by Crippen LogP contribution is -2.46. The largest absolute Gasteiger partial charge is 0.317 e. The summed E-state index contributed by atoms with van der Waals surface area (Å²) in [7, 11) is 0. The molecule has 1 aliphatic heterocycles. The molecule has 4 heteroatoms. The van der Waals surface area contributed by atoms with Crippen molar-refractivity contribution in [3.8, 4) is 0 Å². The van der Waals surface area contributed by atoms with E-state index in [1.807, 2.05) is 0 Å². The molecule has 4 rings (SSSR count). The molecule has 2 heterocycles. The third-order valence-electron chi connectivity index (χ3n) is 5.78. The third-order valence-corrected chi connectivity index (χ3v) is 6.70. The topological polar surface area (TPSA) is 32.3 Å². The maximum Gasteiger partial charge on any atom is 0.244 e. The summed E-state index contributed by atoms with van der Waals surface area (Å²) in [4.78, 5) is 16.8. The van der Waals surface area contributed by atoms with Crippen molar-refractivity contribution in [3.05, 3.63) is 22.4 Å². The van der Waals surface area contributed by atoms with Crippen molar-refractivity contribution in [2.45, 2.75) is 69.6 Å². The summed E-state index contributed by atoms with van der Waals surface area (Å²) in [5, 5.41) is 5.88. The van der Waals surface area contributed by atoms with Gasteiger partial charge in [0.25, 0.3) is 0 Å². The van der Waals surface area contributed by atoms with Crippen LogP contribution in [0.3, 0.4) is 0 Å². The molecule has 1 N–H and O–H groups in total. The maximum absolute atomic E-state index is 13.2. The van der Waals surface area contributed by atoms with Crippen molar-refractivity contribution >= 4 is 17.2 Å². The molecule has 3 fully saturated rings. The standard InChI is InChI=1S/C17H24N2OS/c1-12-6-4-7-13(12)19-15(14-8-5-11-21-14)18-17(16(19)20)9-2-3-10-17/h5,8,11-13,15,18H,2-4,6-7,9-10H2,1H3. The molecular formula is C17H24N2OS. The van der Waals surface area contributed by atoms with Crippen molar-refractivity contribution in [1.82, 2.24) is 10.2 Å². The summed E-state index contributed by atoms with van der Waals surface area (Å²) in [5.41, 5.74) is -0.253. The van der Waals surface area contributed by atoms with E-state index in [0.29, 0.717) is 17.9 Å². The quantitative estimate of drug-likeness (QED) is 0.904. The number of carbonyl (C=O) groups is 1. The number of thiophene rings is 1. The van der Waals surface area contributed by atoms with Crippen LogP contribution >= 0.6 is 11.3 Å². The van der Waals surface area contributed by atoms with E-state index in [9.17, 15) is 4.79 Å². The first kappa shape index (κ1) is 13.8. The van der Waals surface area contributed by atoms with E-state index in [1.54, 1.807) is 11.3 Å². The molecule has 3 nitrogen and oxygen atoms in total. The van der Waals surface area contributed by atoms with Gasteiger partial charge in [-0.05, 0) is 43.0 Å². The van der Waals surface area contributed by atoms with E-state index in [1.165, 1.54) is 37.0 Å². The fraction of sp³-hybridized carbons (Fsp3) is 0.706. The highest BCUT2D eigenvalue weighted by atomic mass is 32.1. The number of hydrogen-bond donors (Lipinski definition) is 1. The minimum Gasteiger partial charge on any atom is -0.317 e. The van der Waals surface area contributed by atoms with Gasteiger partial charge in [-0.3, -0.25) is 10.1 Å². The Morgan fingerprint density at radius 2 is 2.10 bits per heavy atom. The van der Waals surface area contributed by atoms with Gasteiger partial charge >= 0.3 is 0 Å².